The minimum absolute atomic E-state index is 0.0618. The maximum Gasteiger partial charge on any atom is 0.235 e. The average Bonchev–Trinajstić information content (AvgIpc) is 3.90. The number of amides is 1. The van der Waals surface area contributed by atoms with Crippen LogP contribution in [0.15, 0.2) is 35.1 Å². The molecule has 13 heteroatoms. The number of ether oxygens (including phenoxy) is 3. The molecule has 5 N–H and O–H groups in total. The van der Waals surface area contributed by atoms with Crippen LogP contribution in [0.25, 0.3) is 0 Å². The van der Waals surface area contributed by atoms with Gasteiger partial charge in [-0.1, -0.05) is 51.0 Å². The fourth-order valence-electron chi connectivity index (χ4n) is 16.4. The predicted octanol–water partition coefficient (Wildman–Crippen LogP) is 0.856. The molecule has 11 aliphatic rings. The number of aliphatic hydroxyl groups is 4. The van der Waals surface area contributed by atoms with Crippen molar-refractivity contribution in [2.45, 2.75) is 115 Å². The van der Waals surface area contributed by atoms with Gasteiger partial charge < -0.3 is 40.0 Å². The maximum atomic E-state index is 16.5. The molecule has 19 atom stereocenters. The van der Waals surface area contributed by atoms with Crippen molar-refractivity contribution < 1.29 is 58.6 Å². The number of hydrogen-bond donors (Lipinski definition) is 5. The van der Waals surface area contributed by atoms with Crippen LogP contribution < -0.4 is 5.32 Å². The molecule has 55 heavy (non-hydrogen) atoms. The van der Waals surface area contributed by atoms with E-state index < -0.39 is 134 Å². The number of carbonyl (C=O) groups is 5. The Hall–Kier alpha value is -3.07. The minimum Gasteiger partial charge on any atom is -0.500 e. The van der Waals surface area contributed by atoms with E-state index in [2.05, 4.69) is 19.2 Å². The maximum absolute atomic E-state index is 16.5. The first-order chi connectivity index (χ1) is 25.7. The first-order valence-electron chi connectivity index (χ1n) is 20.1. The summed E-state index contributed by atoms with van der Waals surface area (Å²) in [5.41, 5.74) is -14.9. The fraction of sp³-hybridized carbons (Fsp3) is 0.738. The first kappa shape index (κ1) is 35.1. The summed E-state index contributed by atoms with van der Waals surface area (Å²) in [4.78, 5) is 77.3. The van der Waals surface area contributed by atoms with Crippen molar-refractivity contribution >= 4 is 29.0 Å². The monoisotopic (exact) mass is 759 g/mol. The Balaban J connectivity index is 1.26. The van der Waals surface area contributed by atoms with Gasteiger partial charge in [0.1, 0.15) is 22.9 Å². The van der Waals surface area contributed by atoms with Crippen LogP contribution in [0.2, 0.25) is 0 Å². The normalized spacial score (nSPS) is 60.8. The fourth-order valence-corrected chi connectivity index (χ4v) is 16.4. The van der Waals surface area contributed by atoms with Gasteiger partial charge in [-0.05, 0) is 57.4 Å². The van der Waals surface area contributed by atoms with Crippen molar-refractivity contribution in [3.8, 4) is 0 Å². The molecule has 5 heterocycles. The molecule has 8 fully saturated rings. The zero-order chi connectivity index (χ0) is 39.3. The Morgan fingerprint density at radius 1 is 0.982 bits per heavy atom. The summed E-state index contributed by atoms with van der Waals surface area (Å²) in [7, 11) is 0. The largest absolute Gasteiger partial charge is 0.500 e. The number of allylic oxidation sites excluding steroid dienone is 4. The number of carbonyl (C=O) groups excluding carboxylic acids is 5. The summed E-state index contributed by atoms with van der Waals surface area (Å²) in [6.07, 6.45) is 0.294. The molecule has 13 nitrogen and oxygen atoms in total. The molecule has 1 amide bonds. The highest BCUT2D eigenvalue weighted by molar-refractivity contribution is 6.29. The van der Waals surface area contributed by atoms with E-state index in [0.29, 0.717) is 12.8 Å². The lowest BCUT2D eigenvalue weighted by molar-refractivity contribution is -0.463. The molecule has 11 rings (SSSR count). The lowest BCUT2D eigenvalue weighted by Crippen LogP contribution is -2.96. The van der Waals surface area contributed by atoms with Crippen LogP contribution in [0.3, 0.4) is 0 Å². The second-order valence-corrected chi connectivity index (χ2v) is 19.8. The van der Waals surface area contributed by atoms with E-state index in [4.69, 9.17) is 14.2 Å². The van der Waals surface area contributed by atoms with Gasteiger partial charge in [-0.25, -0.2) is 0 Å². The number of hydrogen-bond acceptors (Lipinski definition) is 12. The summed E-state index contributed by atoms with van der Waals surface area (Å²) in [6.45, 7) is 12.4. The first-order valence-corrected chi connectivity index (χ1v) is 20.1. The van der Waals surface area contributed by atoms with Gasteiger partial charge in [0.2, 0.25) is 11.7 Å². The van der Waals surface area contributed by atoms with Gasteiger partial charge >= 0.3 is 0 Å². The third-order valence-electron chi connectivity index (χ3n) is 18.0. The Kier molecular flexibility index (Phi) is 6.03. The summed E-state index contributed by atoms with van der Waals surface area (Å²) >= 11 is 0. The number of ketones is 4. The van der Waals surface area contributed by atoms with Gasteiger partial charge in [0.05, 0.1) is 42.0 Å². The van der Waals surface area contributed by atoms with Crippen molar-refractivity contribution in [1.29, 1.82) is 0 Å². The minimum atomic E-state index is -3.14. The zero-order valence-electron chi connectivity index (χ0n) is 32.0. The molecule has 3 spiro atoms. The second-order valence-electron chi connectivity index (χ2n) is 19.8. The summed E-state index contributed by atoms with van der Waals surface area (Å²) < 4.78 is 19.7. The molecule has 4 saturated heterocycles. The molecule has 4 unspecified atom stereocenters. The van der Waals surface area contributed by atoms with Gasteiger partial charge in [-0.2, -0.15) is 0 Å². The Morgan fingerprint density at radius 3 is 2.38 bits per heavy atom. The number of fused-ring (bicyclic) bond motifs is 5. The topological polar surface area (TPSA) is 206 Å². The van der Waals surface area contributed by atoms with Crippen LogP contribution in [-0.2, 0) is 38.2 Å². The number of Topliss-reactive ketones (excluding diaryl/α,β-unsaturated/α-hetero) is 4. The van der Waals surface area contributed by atoms with E-state index in [9.17, 15) is 20.4 Å². The van der Waals surface area contributed by atoms with Crippen LogP contribution in [0.5, 0.6) is 0 Å². The molecule has 6 aliphatic carbocycles. The molecular weight excluding hydrogens is 710 g/mol. The quantitative estimate of drug-likeness (QED) is 0.197. The number of aliphatic hydroxyl groups excluding tert-OH is 1. The van der Waals surface area contributed by atoms with Gasteiger partial charge in [0, 0.05) is 35.1 Å². The molecule has 0 aromatic heterocycles. The van der Waals surface area contributed by atoms with E-state index in [-0.39, 0.29) is 29.9 Å². The molecule has 0 aromatic rings. The van der Waals surface area contributed by atoms with E-state index in [1.807, 2.05) is 32.9 Å². The van der Waals surface area contributed by atoms with Crippen LogP contribution in [0.1, 0.15) is 67.7 Å². The van der Waals surface area contributed by atoms with E-state index in [1.54, 1.807) is 0 Å². The van der Waals surface area contributed by atoms with Crippen molar-refractivity contribution in [1.82, 2.24) is 5.32 Å². The van der Waals surface area contributed by atoms with Crippen LogP contribution in [0, 0.1) is 68.5 Å². The standard InChI is InChI=1S/C42H49NO12/c1-15(2)10-21-26-18(5)17(4)12-20-11-16(3)8-9-22(44)27-24-25(29(46)37(20,26)34(49)43-21)30-38-19(6)28(45)41(51)35(7)23-13-53-14-36(23,38)33(48)39(50,32(35)47)40(38,31(24)54-30)42(41,52)55-27/h11-13,15,18-22,24-27,30-31,44,50-52H,8-10,14H2,1-7H3,(H,43,49)/b16-11+/t18-,19+,20+,21+,22-,24-,25-,26+,27-,30?,31?,35-,36+,37+,38?,39+,40?,41-,42+/m1/s1. The Morgan fingerprint density at radius 2 is 1.69 bits per heavy atom. The van der Waals surface area contributed by atoms with Crippen molar-refractivity contribution in [3.63, 3.8) is 0 Å². The molecule has 5 aliphatic heterocycles. The second kappa shape index (κ2) is 9.45. The van der Waals surface area contributed by atoms with Gasteiger partial charge in [-0.3, -0.25) is 24.0 Å². The van der Waals surface area contributed by atoms with Crippen LogP contribution in [-0.4, -0.2) is 104 Å². The van der Waals surface area contributed by atoms with E-state index in [0.717, 1.165) is 11.1 Å². The lowest BCUT2D eigenvalue weighted by Gasteiger charge is -2.74. The number of nitrogens with one attached hydrogen (secondary N) is 1. The molecule has 4 saturated carbocycles. The molecule has 0 aromatic carbocycles. The van der Waals surface area contributed by atoms with E-state index in [1.165, 1.54) is 20.1 Å². The third-order valence-corrected chi connectivity index (χ3v) is 18.0. The van der Waals surface area contributed by atoms with Gasteiger partial charge in [0.25, 0.3) is 0 Å². The van der Waals surface area contributed by atoms with Crippen LogP contribution in [0.4, 0.5) is 0 Å². The van der Waals surface area contributed by atoms with Crippen molar-refractivity contribution in [3.05, 3.63) is 35.1 Å². The predicted molar refractivity (Wildman–Crippen MR) is 187 cm³/mol. The Bertz CT molecular complexity index is 2110. The molecule has 294 valence electrons. The third kappa shape index (κ3) is 2.71. The highest BCUT2D eigenvalue weighted by Crippen LogP contribution is 2.95. The molecule has 0 radical (unpaired) electrons. The smallest absolute Gasteiger partial charge is 0.235 e. The summed E-state index contributed by atoms with van der Waals surface area (Å²) in [5.74, 6) is -12.3. The molecular formula is C42H49NO12. The van der Waals surface area contributed by atoms with Gasteiger partial charge in [-0.15, -0.1) is 0 Å². The van der Waals surface area contributed by atoms with Crippen LogP contribution >= 0.6 is 0 Å². The van der Waals surface area contributed by atoms with E-state index >= 15 is 24.0 Å². The number of rotatable bonds is 2. The highest BCUT2D eigenvalue weighted by Gasteiger charge is 3.12. The van der Waals surface area contributed by atoms with Gasteiger partial charge in [0.15, 0.2) is 34.3 Å². The average molecular weight is 760 g/mol. The summed E-state index contributed by atoms with van der Waals surface area (Å²) in [5, 5.41) is 55.2. The SMILES string of the molecule is CC1=C[C@@H]2/C=C(\C)CC[C@@H](O)[C@H]3O[C@@]4(O)C56C7OC([C@@H](C(=O)[C@]28C(=O)N[C@@H](CC(C)C)[C@@H]8[C@@H]1C)[C@@H]73)C51[C@@H](C)C(=O)[C@@]4(O)[C@@]2(C)C(=O)[C@]6(O)C(=O)[C@@]13COC=C32. The Labute approximate surface area is 317 Å². The summed E-state index contributed by atoms with van der Waals surface area (Å²) in [6, 6.07) is -0.364. The van der Waals surface area contributed by atoms with Crippen molar-refractivity contribution in [2.24, 2.45) is 68.5 Å². The molecule has 7 bridgehead atoms. The lowest BCUT2D eigenvalue weighted by atomic mass is 9.31. The highest BCUT2D eigenvalue weighted by atomic mass is 16.7. The zero-order valence-corrected chi connectivity index (χ0v) is 32.0. The van der Waals surface area contributed by atoms with Crippen molar-refractivity contribution in [2.75, 3.05) is 6.61 Å².